The Kier molecular flexibility index (Phi) is 6.48. The Morgan fingerprint density at radius 3 is 2.43 bits per heavy atom. The summed E-state index contributed by atoms with van der Waals surface area (Å²) in [6, 6.07) is 5.75. The number of rotatable bonds is 7. The fourth-order valence-corrected chi connectivity index (χ4v) is 1.96. The number of carboxylic acids is 1. The molecule has 5 nitrogen and oxygen atoms in total. The average Bonchev–Trinajstić information content (AvgIpc) is 2.35. The molecule has 0 fully saturated rings. The molecular weight excluding hydrogens is 310 g/mol. The molecule has 0 radical (unpaired) electrons. The molecule has 1 aromatic rings. The number of aliphatic carboxylic acids is 1. The summed E-state index contributed by atoms with van der Waals surface area (Å²) in [5.41, 5.74) is -0.218. The highest BCUT2D eigenvalue weighted by atomic mass is 19.3. The number of alkyl halides is 2. The van der Waals surface area contributed by atoms with Gasteiger partial charge in [0, 0.05) is 0 Å². The Labute approximate surface area is 133 Å². The van der Waals surface area contributed by atoms with Crippen LogP contribution in [0.1, 0.15) is 32.8 Å². The topological polar surface area (TPSA) is 72.8 Å². The third kappa shape index (κ3) is 7.58. The monoisotopic (exact) mass is 330 g/mol. The van der Waals surface area contributed by atoms with Crippen molar-refractivity contribution in [2.24, 2.45) is 5.92 Å². The van der Waals surface area contributed by atoms with Gasteiger partial charge >= 0.3 is 18.6 Å². The van der Waals surface area contributed by atoms with Gasteiger partial charge in [-0.2, -0.15) is 8.78 Å². The van der Waals surface area contributed by atoms with Gasteiger partial charge in [0.05, 0.1) is 12.3 Å². The summed E-state index contributed by atoms with van der Waals surface area (Å²) in [4.78, 5) is 23.1. The predicted molar refractivity (Wildman–Crippen MR) is 78.4 cm³/mol. The van der Waals surface area contributed by atoms with Crippen molar-refractivity contribution in [1.29, 1.82) is 0 Å². The first-order chi connectivity index (χ1) is 10.6. The van der Waals surface area contributed by atoms with E-state index >= 15 is 0 Å². The summed E-state index contributed by atoms with van der Waals surface area (Å²) in [6.45, 7) is 2.10. The maximum absolute atomic E-state index is 12.2. The van der Waals surface area contributed by atoms with Gasteiger partial charge in [-0.25, -0.2) is 0 Å². The summed E-state index contributed by atoms with van der Waals surface area (Å²) < 4.78 is 33.8. The zero-order valence-corrected chi connectivity index (χ0v) is 13.2. The van der Waals surface area contributed by atoms with Crippen LogP contribution in [0.2, 0.25) is 0 Å². The van der Waals surface area contributed by atoms with E-state index in [-0.39, 0.29) is 18.6 Å². The highest BCUT2D eigenvalue weighted by Crippen LogP contribution is 2.21. The lowest BCUT2D eigenvalue weighted by atomic mass is 9.96. The molecule has 0 bridgehead atoms. The van der Waals surface area contributed by atoms with Gasteiger partial charge < -0.3 is 14.6 Å². The van der Waals surface area contributed by atoms with Gasteiger partial charge in [0.15, 0.2) is 0 Å². The van der Waals surface area contributed by atoms with E-state index < -0.39 is 30.1 Å². The largest absolute Gasteiger partial charge is 0.481 e. The smallest absolute Gasteiger partial charge is 0.387 e. The molecule has 128 valence electrons. The Balaban J connectivity index is 2.76. The molecule has 0 unspecified atom stereocenters. The molecule has 1 N–H and O–H groups in total. The van der Waals surface area contributed by atoms with Crippen LogP contribution in [0.25, 0.3) is 0 Å². The van der Waals surface area contributed by atoms with Crippen LogP contribution in [-0.4, -0.2) is 29.3 Å². The average molecular weight is 330 g/mol. The first-order valence-electron chi connectivity index (χ1n) is 7.05. The van der Waals surface area contributed by atoms with Crippen molar-refractivity contribution in [3.05, 3.63) is 29.8 Å². The SMILES string of the molecule is CC(C)(C)OC(=O)C[C@@H](Cc1cccc(OC(F)F)c1)C(=O)O. The van der Waals surface area contributed by atoms with Gasteiger partial charge in [-0.1, -0.05) is 12.1 Å². The number of halogens is 2. The summed E-state index contributed by atoms with van der Waals surface area (Å²) in [5, 5.41) is 9.24. The van der Waals surface area contributed by atoms with Gasteiger partial charge in [-0.05, 0) is 44.9 Å². The highest BCUT2D eigenvalue weighted by Gasteiger charge is 2.25. The highest BCUT2D eigenvalue weighted by molar-refractivity contribution is 5.79. The molecule has 1 rings (SSSR count). The van der Waals surface area contributed by atoms with Gasteiger partial charge in [0.2, 0.25) is 0 Å². The van der Waals surface area contributed by atoms with Gasteiger partial charge in [0.1, 0.15) is 11.4 Å². The van der Waals surface area contributed by atoms with Crippen molar-refractivity contribution in [3.8, 4) is 5.75 Å². The molecule has 0 aliphatic heterocycles. The lowest BCUT2D eigenvalue weighted by Crippen LogP contribution is -2.28. The molecule has 1 aromatic carbocycles. The van der Waals surface area contributed by atoms with Gasteiger partial charge in [0.25, 0.3) is 0 Å². The number of hydrogen-bond acceptors (Lipinski definition) is 4. The molecule has 0 saturated carbocycles. The number of hydrogen-bond donors (Lipinski definition) is 1. The fourth-order valence-electron chi connectivity index (χ4n) is 1.96. The lowest BCUT2D eigenvalue weighted by molar-refractivity contribution is -0.159. The molecule has 0 aromatic heterocycles. The second-order valence-electron chi connectivity index (χ2n) is 6.06. The van der Waals surface area contributed by atoms with E-state index in [1.54, 1.807) is 26.8 Å². The standard InChI is InChI=1S/C16H20F2O5/c1-16(2,3)23-13(19)9-11(14(20)21)7-10-5-4-6-12(8-10)22-15(17)18/h4-6,8,11,15H,7,9H2,1-3H3,(H,20,21)/t11-/m1/s1. The van der Waals surface area contributed by atoms with Crippen molar-refractivity contribution in [2.45, 2.75) is 45.8 Å². The van der Waals surface area contributed by atoms with Crippen molar-refractivity contribution in [3.63, 3.8) is 0 Å². The van der Waals surface area contributed by atoms with Crippen LogP contribution in [-0.2, 0) is 20.7 Å². The number of carbonyl (C=O) groups excluding carboxylic acids is 1. The van der Waals surface area contributed by atoms with Gasteiger partial charge in [-0.3, -0.25) is 9.59 Å². The second kappa shape index (κ2) is 7.89. The first-order valence-corrected chi connectivity index (χ1v) is 7.05. The predicted octanol–water partition coefficient (Wildman–Crippen LogP) is 3.26. The van der Waals surface area contributed by atoms with Crippen LogP contribution >= 0.6 is 0 Å². The van der Waals surface area contributed by atoms with E-state index in [2.05, 4.69) is 4.74 Å². The molecule has 0 heterocycles. The molecule has 23 heavy (non-hydrogen) atoms. The number of ether oxygens (including phenoxy) is 2. The number of esters is 1. The van der Waals surface area contributed by atoms with Crippen molar-refractivity contribution >= 4 is 11.9 Å². The quantitative estimate of drug-likeness (QED) is 0.777. The summed E-state index contributed by atoms with van der Waals surface area (Å²) >= 11 is 0. The molecular formula is C16H20F2O5. The minimum atomic E-state index is -2.96. The maximum Gasteiger partial charge on any atom is 0.387 e. The Bertz CT molecular complexity index is 552. The van der Waals surface area contributed by atoms with E-state index in [9.17, 15) is 23.5 Å². The summed E-state index contributed by atoms with van der Waals surface area (Å²) in [6.07, 6.45) is -0.290. The van der Waals surface area contributed by atoms with E-state index in [0.29, 0.717) is 5.56 Å². The third-order valence-electron chi connectivity index (χ3n) is 2.79. The molecule has 0 spiro atoms. The minimum Gasteiger partial charge on any atom is -0.481 e. The molecule has 7 heteroatoms. The Morgan fingerprint density at radius 1 is 1.26 bits per heavy atom. The van der Waals surface area contributed by atoms with E-state index in [1.165, 1.54) is 18.2 Å². The van der Waals surface area contributed by atoms with Crippen LogP contribution in [0.15, 0.2) is 24.3 Å². The maximum atomic E-state index is 12.2. The van der Waals surface area contributed by atoms with Crippen LogP contribution in [0.4, 0.5) is 8.78 Å². The zero-order valence-electron chi connectivity index (χ0n) is 13.2. The van der Waals surface area contributed by atoms with Gasteiger partial charge in [-0.15, -0.1) is 0 Å². The number of benzene rings is 1. The second-order valence-corrected chi connectivity index (χ2v) is 6.06. The third-order valence-corrected chi connectivity index (χ3v) is 2.79. The fraction of sp³-hybridized carbons (Fsp3) is 0.500. The number of carboxylic acid groups (broad SMARTS) is 1. The summed E-state index contributed by atoms with van der Waals surface area (Å²) in [5.74, 6) is -2.84. The van der Waals surface area contributed by atoms with Crippen molar-refractivity contribution in [2.75, 3.05) is 0 Å². The minimum absolute atomic E-state index is 0.00894. The van der Waals surface area contributed by atoms with Crippen molar-refractivity contribution in [1.82, 2.24) is 0 Å². The normalized spacial score (nSPS) is 12.8. The Hall–Kier alpha value is -2.18. The molecule has 0 saturated heterocycles. The van der Waals surface area contributed by atoms with Crippen LogP contribution in [0.5, 0.6) is 5.75 Å². The van der Waals surface area contributed by atoms with E-state index in [1.807, 2.05) is 0 Å². The molecule has 1 atom stereocenters. The van der Waals surface area contributed by atoms with Crippen molar-refractivity contribution < 1.29 is 33.0 Å². The molecule has 0 aliphatic carbocycles. The summed E-state index contributed by atoms with van der Waals surface area (Å²) in [7, 11) is 0. The molecule has 0 amide bonds. The first kappa shape index (κ1) is 18.9. The van der Waals surface area contributed by atoms with Crippen LogP contribution < -0.4 is 4.74 Å². The zero-order chi connectivity index (χ0) is 17.6. The lowest BCUT2D eigenvalue weighted by Gasteiger charge is -2.21. The van der Waals surface area contributed by atoms with E-state index in [4.69, 9.17) is 4.74 Å². The van der Waals surface area contributed by atoms with Crippen LogP contribution in [0.3, 0.4) is 0 Å². The van der Waals surface area contributed by atoms with E-state index in [0.717, 1.165) is 0 Å². The van der Waals surface area contributed by atoms with Crippen LogP contribution in [0, 0.1) is 5.92 Å². The molecule has 0 aliphatic rings. The number of carbonyl (C=O) groups is 2. The Morgan fingerprint density at radius 2 is 1.91 bits per heavy atom.